The molecule has 1 aromatic heterocycles. The van der Waals surface area contributed by atoms with E-state index in [1.165, 1.54) is 12.8 Å². The van der Waals surface area contributed by atoms with Crippen LogP contribution in [-0.4, -0.2) is 21.4 Å². The minimum absolute atomic E-state index is 0.0523. The van der Waals surface area contributed by atoms with Gasteiger partial charge in [0.1, 0.15) is 11.8 Å². The third-order valence-corrected chi connectivity index (χ3v) is 3.48. The van der Waals surface area contributed by atoms with Crippen LogP contribution in [0, 0.1) is 17.8 Å². The standard InChI is InChI=1S/C19H21N3O/c1-15(2)23-21-19(13-22-12-11-20-14-22)18-9-7-17(8-10-18)6-5-16-3-4-16/h7-12,14-16H,3-4,13H2,1-2H3. The summed E-state index contributed by atoms with van der Waals surface area (Å²) in [4.78, 5) is 9.52. The smallest absolute Gasteiger partial charge is 0.122 e. The second kappa shape index (κ2) is 7.15. The number of hydrogen-bond acceptors (Lipinski definition) is 3. The van der Waals surface area contributed by atoms with Gasteiger partial charge >= 0.3 is 0 Å². The van der Waals surface area contributed by atoms with E-state index in [0.717, 1.165) is 16.8 Å². The highest BCUT2D eigenvalue weighted by Gasteiger charge is 2.17. The average Bonchev–Trinajstić information content (AvgIpc) is 3.24. The van der Waals surface area contributed by atoms with Crippen molar-refractivity contribution in [3.8, 4) is 11.8 Å². The first-order chi connectivity index (χ1) is 11.2. The zero-order valence-corrected chi connectivity index (χ0v) is 13.6. The summed E-state index contributed by atoms with van der Waals surface area (Å²) in [5, 5.41) is 4.31. The molecule has 0 aliphatic heterocycles. The summed E-state index contributed by atoms with van der Waals surface area (Å²) in [6.45, 7) is 4.56. The Labute approximate surface area is 137 Å². The van der Waals surface area contributed by atoms with Crippen molar-refractivity contribution in [1.29, 1.82) is 0 Å². The van der Waals surface area contributed by atoms with Gasteiger partial charge in [-0.3, -0.25) is 0 Å². The Kier molecular flexibility index (Phi) is 4.77. The lowest BCUT2D eigenvalue weighted by Crippen LogP contribution is -2.12. The van der Waals surface area contributed by atoms with Crippen LogP contribution in [-0.2, 0) is 11.4 Å². The quantitative estimate of drug-likeness (QED) is 0.482. The Balaban J connectivity index is 1.77. The van der Waals surface area contributed by atoms with E-state index in [9.17, 15) is 0 Å². The van der Waals surface area contributed by atoms with Gasteiger partial charge in [0.15, 0.2) is 0 Å². The van der Waals surface area contributed by atoms with Gasteiger partial charge in [0.2, 0.25) is 0 Å². The molecule has 1 fully saturated rings. The molecule has 4 nitrogen and oxygen atoms in total. The van der Waals surface area contributed by atoms with Crippen LogP contribution in [0.5, 0.6) is 0 Å². The van der Waals surface area contributed by atoms with Gasteiger partial charge in [0.25, 0.3) is 0 Å². The van der Waals surface area contributed by atoms with E-state index < -0.39 is 0 Å². The molecule has 1 aliphatic rings. The molecular weight excluding hydrogens is 286 g/mol. The van der Waals surface area contributed by atoms with Crippen molar-refractivity contribution in [2.24, 2.45) is 11.1 Å². The molecular formula is C19H21N3O. The molecule has 0 saturated heterocycles. The molecule has 1 aliphatic carbocycles. The minimum atomic E-state index is 0.0523. The Morgan fingerprint density at radius 1 is 1.35 bits per heavy atom. The summed E-state index contributed by atoms with van der Waals surface area (Å²) in [6.07, 6.45) is 8.01. The lowest BCUT2D eigenvalue weighted by atomic mass is 10.1. The maximum atomic E-state index is 5.45. The van der Waals surface area contributed by atoms with Crippen LogP contribution in [0.1, 0.15) is 37.8 Å². The summed E-state index contributed by atoms with van der Waals surface area (Å²) in [5.41, 5.74) is 2.96. The van der Waals surface area contributed by atoms with E-state index in [2.05, 4.69) is 34.1 Å². The summed E-state index contributed by atoms with van der Waals surface area (Å²) < 4.78 is 1.98. The number of aromatic nitrogens is 2. The van der Waals surface area contributed by atoms with Crippen LogP contribution < -0.4 is 0 Å². The molecule has 0 atom stereocenters. The van der Waals surface area contributed by atoms with Crippen LogP contribution >= 0.6 is 0 Å². The van der Waals surface area contributed by atoms with Gasteiger partial charge in [0.05, 0.1) is 12.9 Å². The molecule has 0 unspecified atom stereocenters. The second-order valence-electron chi connectivity index (χ2n) is 6.05. The molecule has 2 aromatic rings. The van der Waals surface area contributed by atoms with E-state index in [1.807, 2.05) is 36.7 Å². The lowest BCUT2D eigenvalue weighted by molar-refractivity contribution is 0.0855. The predicted molar refractivity (Wildman–Crippen MR) is 91.0 cm³/mol. The van der Waals surface area contributed by atoms with Crippen LogP contribution in [0.15, 0.2) is 48.1 Å². The van der Waals surface area contributed by atoms with E-state index in [4.69, 9.17) is 4.84 Å². The van der Waals surface area contributed by atoms with Gasteiger partial charge in [-0.25, -0.2) is 4.98 Å². The Bertz CT molecular complexity index is 714. The van der Waals surface area contributed by atoms with Crippen molar-refractivity contribution in [1.82, 2.24) is 9.55 Å². The number of hydrogen-bond donors (Lipinski definition) is 0. The van der Waals surface area contributed by atoms with E-state index in [-0.39, 0.29) is 6.10 Å². The first-order valence-electron chi connectivity index (χ1n) is 8.01. The molecule has 3 rings (SSSR count). The molecule has 4 heteroatoms. The van der Waals surface area contributed by atoms with Crippen molar-refractivity contribution in [2.75, 3.05) is 0 Å². The van der Waals surface area contributed by atoms with Gasteiger partial charge in [-0.15, -0.1) is 0 Å². The molecule has 23 heavy (non-hydrogen) atoms. The number of oxime groups is 1. The Hall–Kier alpha value is -2.54. The SMILES string of the molecule is CC(C)ON=C(Cn1ccnc1)c1ccc(C#CC2CC2)cc1. The third kappa shape index (κ3) is 4.72. The predicted octanol–water partition coefficient (Wildman–Crippen LogP) is 3.47. The van der Waals surface area contributed by atoms with Crippen molar-refractivity contribution in [3.05, 3.63) is 54.1 Å². The fraction of sp³-hybridized carbons (Fsp3) is 0.368. The monoisotopic (exact) mass is 307 g/mol. The van der Waals surface area contributed by atoms with Gasteiger partial charge in [-0.1, -0.05) is 29.1 Å². The first-order valence-corrected chi connectivity index (χ1v) is 8.01. The fourth-order valence-corrected chi connectivity index (χ4v) is 2.05. The molecule has 0 bridgehead atoms. The second-order valence-corrected chi connectivity index (χ2v) is 6.05. The third-order valence-electron chi connectivity index (χ3n) is 3.48. The van der Waals surface area contributed by atoms with Gasteiger partial charge in [-0.05, 0) is 38.8 Å². The van der Waals surface area contributed by atoms with E-state index >= 15 is 0 Å². The molecule has 1 aromatic carbocycles. The zero-order chi connectivity index (χ0) is 16.1. The highest BCUT2D eigenvalue weighted by molar-refractivity contribution is 6.00. The average molecular weight is 307 g/mol. The van der Waals surface area contributed by atoms with Gasteiger partial charge < -0.3 is 9.40 Å². The number of benzene rings is 1. The summed E-state index contributed by atoms with van der Waals surface area (Å²) >= 11 is 0. The van der Waals surface area contributed by atoms with Crippen LogP contribution in [0.4, 0.5) is 0 Å². The van der Waals surface area contributed by atoms with Gasteiger partial charge in [0, 0.05) is 29.4 Å². The molecule has 0 spiro atoms. The van der Waals surface area contributed by atoms with Crippen molar-refractivity contribution >= 4 is 5.71 Å². The van der Waals surface area contributed by atoms with Crippen molar-refractivity contribution in [2.45, 2.75) is 39.3 Å². The number of rotatable bonds is 5. The van der Waals surface area contributed by atoms with Crippen LogP contribution in [0.3, 0.4) is 0 Å². The minimum Gasteiger partial charge on any atom is -0.393 e. The van der Waals surface area contributed by atoms with Crippen LogP contribution in [0.25, 0.3) is 0 Å². The molecule has 1 saturated carbocycles. The van der Waals surface area contributed by atoms with E-state index in [1.54, 1.807) is 12.5 Å². The highest BCUT2D eigenvalue weighted by atomic mass is 16.6. The molecule has 0 amide bonds. The van der Waals surface area contributed by atoms with Crippen molar-refractivity contribution < 1.29 is 4.84 Å². The Morgan fingerprint density at radius 2 is 2.13 bits per heavy atom. The number of nitrogens with zero attached hydrogens (tertiary/aromatic N) is 3. The molecule has 1 heterocycles. The Morgan fingerprint density at radius 3 is 2.74 bits per heavy atom. The normalized spacial score (nSPS) is 14.5. The fourth-order valence-electron chi connectivity index (χ4n) is 2.05. The largest absolute Gasteiger partial charge is 0.393 e. The summed E-state index contributed by atoms with van der Waals surface area (Å²) in [5.74, 6) is 7.13. The zero-order valence-electron chi connectivity index (χ0n) is 13.6. The summed E-state index contributed by atoms with van der Waals surface area (Å²) in [6, 6.07) is 8.19. The topological polar surface area (TPSA) is 39.4 Å². The maximum absolute atomic E-state index is 5.45. The lowest BCUT2D eigenvalue weighted by Gasteiger charge is -2.09. The molecule has 0 N–H and O–H groups in total. The summed E-state index contributed by atoms with van der Waals surface area (Å²) in [7, 11) is 0. The van der Waals surface area contributed by atoms with Crippen LogP contribution in [0.2, 0.25) is 0 Å². The molecule has 118 valence electrons. The highest BCUT2D eigenvalue weighted by Crippen LogP contribution is 2.27. The first kappa shape index (κ1) is 15.4. The van der Waals surface area contributed by atoms with Crippen molar-refractivity contribution in [3.63, 3.8) is 0 Å². The number of imidazole rings is 1. The molecule has 0 radical (unpaired) electrons. The van der Waals surface area contributed by atoms with Gasteiger partial charge in [-0.2, -0.15) is 0 Å². The van der Waals surface area contributed by atoms with E-state index in [0.29, 0.717) is 12.5 Å². The maximum Gasteiger partial charge on any atom is 0.122 e.